The number of rotatable bonds is 2. The van der Waals surface area contributed by atoms with Crippen molar-refractivity contribution in [1.82, 2.24) is 0 Å². The molecule has 0 radical (unpaired) electrons. The topological polar surface area (TPSA) is 52.0 Å². The lowest BCUT2D eigenvalue weighted by Crippen LogP contribution is -2.34. The number of piperidine rings is 1. The summed E-state index contributed by atoms with van der Waals surface area (Å²) in [6.45, 7) is 4.38. The predicted octanol–water partition coefficient (Wildman–Crippen LogP) is 3.86. The van der Waals surface area contributed by atoms with E-state index in [4.69, 9.17) is 5.53 Å². The second-order valence-electron chi connectivity index (χ2n) is 4.37. The summed E-state index contributed by atoms with van der Waals surface area (Å²) in [5, 5.41) is 3.75. The number of para-hydroxylation sites is 1. The molecule has 1 heterocycles. The molecule has 1 aliphatic heterocycles. The fourth-order valence-corrected chi connectivity index (χ4v) is 2.27. The molecule has 0 N–H and O–H groups in total. The van der Waals surface area contributed by atoms with Gasteiger partial charge in [-0.2, -0.15) is 0 Å². The maximum absolute atomic E-state index is 8.53. The van der Waals surface area contributed by atoms with Crippen molar-refractivity contribution in [3.63, 3.8) is 0 Å². The maximum Gasteiger partial charge on any atom is 0.0609 e. The van der Waals surface area contributed by atoms with Gasteiger partial charge in [-0.05, 0) is 30.4 Å². The lowest BCUT2D eigenvalue weighted by molar-refractivity contribution is 0.447. The number of hydrogen-bond donors (Lipinski definition) is 0. The van der Waals surface area contributed by atoms with Gasteiger partial charge in [-0.25, -0.2) is 0 Å². The summed E-state index contributed by atoms with van der Waals surface area (Å²) in [4.78, 5) is 5.20. The Balaban J connectivity index is 2.28. The molecule has 0 saturated carbocycles. The number of hydrogen-bond acceptors (Lipinski definition) is 2. The Hall–Kier alpha value is -1.67. The van der Waals surface area contributed by atoms with Crippen molar-refractivity contribution in [2.24, 2.45) is 11.0 Å². The van der Waals surface area contributed by atoms with Crippen LogP contribution >= 0.6 is 0 Å². The monoisotopic (exact) mass is 216 g/mol. The van der Waals surface area contributed by atoms with Gasteiger partial charge in [0.2, 0.25) is 0 Å². The van der Waals surface area contributed by atoms with Crippen molar-refractivity contribution < 1.29 is 0 Å². The van der Waals surface area contributed by atoms with Crippen LogP contribution in [0.25, 0.3) is 10.4 Å². The molecule has 16 heavy (non-hydrogen) atoms. The van der Waals surface area contributed by atoms with Gasteiger partial charge in [0, 0.05) is 23.7 Å². The molecule has 0 aromatic heterocycles. The molecule has 0 spiro atoms. The van der Waals surface area contributed by atoms with Gasteiger partial charge in [-0.15, -0.1) is 0 Å². The molecule has 4 nitrogen and oxygen atoms in total. The smallest absolute Gasteiger partial charge is 0.0609 e. The van der Waals surface area contributed by atoms with Crippen LogP contribution < -0.4 is 4.90 Å². The second-order valence-corrected chi connectivity index (χ2v) is 4.37. The molecule has 1 aliphatic rings. The van der Waals surface area contributed by atoms with Crippen LogP contribution in [0.4, 0.5) is 11.4 Å². The highest BCUT2D eigenvalue weighted by atomic mass is 15.2. The number of nitrogens with zero attached hydrogens (tertiary/aromatic N) is 4. The van der Waals surface area contributed by atoms with Crippen LogP contribution in [0, 0.1) is 5.92 Å². The summed E-state index contributed by atoms with van der Waals surface area (Å²) in [6, 6.07) is 7.79. The molecule has 4 heteroatoms. The molecule has 2 rings (SSSR count). The van der Waals surface area contributed by atoms with Gasteiger partial charge < -0.3 is 4.90 Å². The van der Waals surface area contributed by atoms with E-state index >= 15 is 0 Å². The van der Waals surface area contributed by atoms with E-state index in [2.05, 4.69) is 21.8 Å². The van der Waals surface area contributed by atoms with Crippen LogP contribution in [-0.2, 0) is 0 Å². The normalized spacial score (nSPS) is 20.3. The van der Waals surface area contributed by atoms with Crippen molar-refractivity contribution in [3.8, 4) is 0 Å². The van der Waals surface area contributed by atoms with E-state index in [1.807, 2.05) is 24.3 Å². The Morgan fingerprint density at radius 1 is 1.44 bits per heavy atom. The molecule has 84 valence electrons. The number of benzene rings is 1. The number of azide groups is 1. The highest BCUT2D eigenvalue weighted by Crippen LogP contribution is 2.31. The first kappa shape index (κ1) is 10.8. The van der Waals surface area contributed by atoms with Crippen molar-refractivity contribution >= 4 is 11.4 Å². The molecule has 1 atom stereocenters. The van der Waals surface area contributed by atoms with Crippen LogP contribution in [0.2, 0.25) is 0 Å². The van der Waals surface area contributed by atoms with E-state index in [-0.39, 0.29) is 0 Å². The van der Waals surface area contributed by atoms with E-state index in [1.54, 1.807) is 0 Å². The summed E-state index contributed by atoms with van der Waals surface area (Å²) >= 11 is 0. The molecule has 1 aromatic rings. The zero-order valence-corrected chi connectivity index (χ0v) is 9.50. The standard InChI is InChI=1S/C12H16N4/c1-10-5-4-8-16(9-10)12-7-3-2-6-11(12)14-15-13/h2-3,6-7,10H,4-5,8-9H2,1H3. The SMILES string of the molecule is CC1CCCN(c2ccccc2N=[N+]=[N-])C1. The summed E-state index contributed by atoms with van der Waals surface area (Å²) in [5.41, 5.74) is 10.3. The largest absolute Gasteiger partial charge is 0.371 e. The minimum Gasteiger partial charge on any atom is -0.371 e. The van der Waals surface area contributed by atoms with E-state index in [0.717, 1.165) is 24.5 Å². The maximum atomic E-state index is 8.53. The zero-order chi connectivity index (χ0) is 11.4. The summed E-state index contributed by atoms with van der Waals surface area (Å²) in [5.74, 6) is 0.716. The van der Waals surface area contributed by atoms with Crippen LogP contribution in [0.15, 0.2) is 29.4 Å². The summed E-state index contributed by atoms with van der Waals surface area (Å²) in [7, 11) is 0. The van der Waals surface area contributed by atoms with Gasteiger partial charge in [-0.1, -0.05) is 30.2 Å². The van der Waals surface area contributed by atoms with Gasteiger partial charge in [0.05, 0.1) is 5.69 Å². The van der Waals surface area contributed by atoms with E-state index in [1.165, 1.54) is 12.8 Å². The molecule has 1 aromatic carbocycles. The number of anilines is 1. The van der Waals surface area contributed by atoms with Gasteiger partial charge in [0.25, 0.3) is 0 Å². The highest BCUT2D eigenvalue weighted by molar-refractivity contribution is 5.66. The average Bonchev–Trinajstić information content (AvgIpc) is 2.30. The molecular weight excluding hydrogens is 200 g/mol. The lowest BCUT2D eigenvalue weighted by Gasteiger charge is -2.33. The van der Waals surface area contributed by atoms with Crippen molar-refractivity contribution in [2.75, 3.05) is 18.0 Å². The minimum atomic E-state index is 0.716. The first-order chi connectivity index (χ1) is 7.81. The Morgan fingerprint density at radius 3 is 3.00 bits per heavy atom. The molecular formula is C12H16N4. The predicted molar refractivity (Wildman–Crippen MR) is 65.9 cm³/mol. The third-order valence-corrected chi connectivity index (χ3v) is 3.03. The second kappa shape index (κ2) is 4.90. The van der Waals surface area contributed by atoms with Crippen LogP contribution in [0.1, 0.15) is 19.8 Å². The van der Waals surface area contributed by atoms with Gasteiger partial charge in [-0.3, -0.25) is 0 Å². The Kier molecular flexibility index (Phi) is 3.32. The van der Waals surface area contributed by atoms with Crippen molar-refractivity contribution in [2.45, 2.75) is 19.8 Å². The van der Waals surface area contributed by atoms with Crippen molar-refractivity contribution in [1.29, 1.82) is 0 Å². The summed E-state index contributed by atoms with van der Waals surface area (Å²) in [6.07, 6.45) is 2.51. The minimum absolute atomic E-state index is 0.716. The molecule has 1 saturated heterocycles. The van der Waals surface area contributed by atoms with Crippen LogP contribution in [0.3, 0.4) is 0 Å². The molecule has 0 aliphatic carbocycles. The Bertz CT molecular complexity index is 409. The molecule has 1 fully saturated rings. The quantitative estimate of drug-likeness (QED) is 0.420. The Morgan fingerprint density at radius 2 is 2.25 bits per heavy atom. The molecule has 0 bridgehead atoms. The first-order valence-electron chi connectivity index (χ1n) is 5.70. The van der Waals surface area contributed by atoms with E-state index in [0.29, 0.717) is 5.92 Å². The van der Waals surface area contributed by atoms with E-state index < -0.39 is 0 Å². The highest BCUT2D eigenvalue weighted by Gasteiger charge is 2.17. The van der Waals surface area contributed by atoms with Crippen LogP contribution in [-0.4, -0.2) is 13.1 Å². The molecule has 1 unspecified atom stereocenters. The zero-order valence-electron chi connectivity index (χ0n) is 9.50. The summed E-state index contributed by atoms with van der Waals surface area (Å²) < 4.78 is 0. The average molecular weight is 216 g/mol. The third-order valence-electron chi connectivity index (χ3n) is 3.03. The van der Waals surface area contributed by atoms with E-state index in [9.17, 15) is 0 Å². The fourth-order valence-electron chi connectivity index (χ4n) is 2.27. The molecule has 0 amide bonds. The van der Waals surface area contributed by atoms with Gasteiger partial charge >= 0.3 is 0 Å². The van der Waals surface area contributed by atoms with Gasteiger partial charge in [0.1, 0.15) is 0 Å². The van der Waals surface area contributed by atoms with Gasteiger partial charge in [0.15, 0.2) is 0 Å². The lowest BCUT2D eigenvalue weighted by atomic mass is 9.99. The Labute approximate surface area is 95.5 Å². The first-order valence-corrected chi connectivity index (χ1v) is 5.70. The fraction of sp³-hybridized carbons (Fsp3) is 0.500. The third kappa shape index (κ3) is 2.28. The van der Waals surface area contributed by atoms with Crippen molar-refractivity contribution in [3.05, 3.63) is 34.7 Å². The van der Waals surface area contributed by atoms with Crippen LogP contribution in [0.5, 0.6) is 0 Å².